The third kappa shape index (κ3) is 7.99. The lowest BCUT2D eigenvalue weighted by Gasteiger charge is -2.32. The molecule has 40 heavy (non-hydrogen) atoms. The quantitative estimate of drug-likeness (QED) is 0.316. The van der Waals surface area contributed by atoms with Crippen LogP contribution in [-0.2, 0) is 26.2 Å². The van der Waals surface area contributed by atoms with Gasteiger partial charge in [-0.3, -0.25) is 13.9 Å². The van der Waals surface area contributed by atoms with Crippen molar-refractivity contribution < 1.29 is 22.7 Å². The minimum absolute atomic E-state index is 0.0191. The molecule has 1 atom stereocenters. The second kappa shape index (κ2) is 13.7. The van der Waals surface area contributed by atoms with Crippen molar-refractivity contribution in [2.75, 3.05) is 17.5 Å². The third-order valence-electron chi connectivity index (χ3n) is 6.15. The highest BCUT2D eigenvalue weighted by molar-refractivity contribution is 7.92. The van der Waals surface area contributed by atoms with Crippen molar-refractivity contribution in [1.82, 2.24) is 10.2 Å². The number of anilines is 1. The van der Waals surface area contributed by atoms with Gasteiger partial charge in [0, 0.05) is 17.6 Å². The predicted molar refractivity (Wildman–Crippen MR) is 158 cm³/mol. The maximum atomic E-state index is 13.9. The average molecular weight is 586 g/mol. The molecule has 0 aliphatic carbocycles. The van der Waals surface area contributed by atoms with Gasteiger partial charge in [-0.05, 0) is 88.7 Å². The lowest BCUT2D eigenvalue weighted by Crippen LogP contribution is -2.52. The first-order valence-corrected chi connectivity index (χ1v) is 14.9. The van der Waals surface area contributed by atoms with Crippen molar-refractivity contribution in [3.8, 4) is 5.75 Å². The molecule has 0 fully saturated rings. The van der Waals surface area contributed by atoms with Crippen LogP contribution in [0, 0.1) is 6.92 Å². The van der Waals surface area contributed by atoms with Gasteiger partial charge >= 0.3 is 0 Å². The van der Waals surface area contributed by atoms with E-state index in [-0.39, 0.29) is 29.1 Å². The van der Waals surface area contributed by atoms with Crippen molar-refractivity contribution in [2.24, 2.45) is 0 Å². The van der Waals surface area contributed by atoms with Crippen LogP contribution >= 0.6 is 11.6 Å². The highest BCUT2D eigenvalue weighted by Gasteiger charge is 2.32. The Hall–Kier alpha value is -3.56. The molecular formula is C30H36ClN3O5S. The summed E-state index contributed by atoms with van der Waals surface area (Å²) in [6.45, 7) is 9.16. The lowest BCUT2D eigenvalue weighted by molar-refractivity contribution is -0.139. The zero-order valence-corrected chi connectivity index (χ0v) is 25.0. The molecule has 0 aromatic heterocycles. The maximum Gasteiger partial charge on any atom is 0.264 e. The summed E-state index contributed by atoms with van der Waals surface area (Å²) in [5, 5.41) is 3.23. The summed E-state index contributed by atoms with van der Waals surface area (Å²) in [6.07, 6.45) is 0. The Bertz CT molecular complexity index is 1410. The van der Waals surface area contributed by atoms with Gasteiger partial charge in [-0.25, -0.2) is 8.42 Å². The number of sulfonamides is 1. The molecule has 10 heteroatoms. The fraction of sp³-hybridized carbons (Fsp3) is 0.333. The highest BCUT2D eigenvalue weighted by atomic mass is 35.5. The van der Waals surface area contributed by atoms with E-state index in [1.807, 2.05) is 52.0 Å². The van der Waals surface area contributed by atoms with Crippen molar-refractivity contribution >= 4 is 39.1 Å². The number of rotatable bonds is 12. The Balaban J connectivity index is 2.03. The SMILES string of the molecule is CCOc1ccc(N(CC(=O)N(Cc2cccc(C)c2)[C@H](C)C(=O)NC(C)C)S(=O)(=O)c2ccc(Cl)cc2)cc1. The Morgan fingerprint density at radius 3 is 2.20 bits per heavy atom. The fourth-order valence-corrected chi connectivity index (χ4v) is 5.67. The number of ether oxygens (including phenoxy) is 1. The van der Waals surface area contributed by atoms with Gasteiger partial charge in [-0.2, -0.15) is 0 Å². The van der Waals surface area contributed by atoms with Gasteiger partial charge in [0.2, 0.25) is 11.8 Å². The maximum absolute atomic E-state index is 13.9. The normalized spacial score (nSPS) is 12.1. The minimum atomic E-state index is -4.18. The van der Waals surface area contributed by atoms with E-state index >= 15 is 0 Å². The van der Waals surface area contributed by atoms with Crippen LogP contribution in [0.15, 0.2) is 77.7 Å². The van der Waals surface area contributed by atoms with Gasteiger partial charge in [0.15, 0.2) is 0 Å². The highest BCUT2D eigenvalue weighted by Crippen LogP contribution is 2.27. The van der Waals surface area contributed by atoms with Gasteiger partial charge < -0.3 is 15.0 Å². The number of nitrogens with zero attached hydrogens (tertiary/aromatic N) is 2. The number of hydrogen-bond acceptors (Lipinski definition) is 5. The van der Waals surface area contributed by atoms with E-state index in [1.165, 1.54) is 29.2 Å². The summed E-state index contributed by atoms with van der Waals surface area (Å²) in [6, 6.07) is 18.9. The van der Waals surface area contributed by atoms with Crippen molar-refractivity contribution in [3.05, 3.63) is 88.9 Å². The molecule has 3 rings (SSSR count). The molecule has 8 nitrogen and oxygen atoms in total. The molecule has 0 saturated heterocycles. The molecule has 0 aliphatic heterocycles. The zero-order chi connectivity index (χ0) is 29.4. The summed E-state index contributed by atoms with van der Waals surface area (Å²) in [4.78, 5) is 28.3. The molecule has 0 spiro atoms. The molecule has 0 saturated carbocycles. The molecule has 0 radical (unpaired) electrons. The lowest BCUT2D eigenvalue weighted by atomic mass is 10.1. The number of amides is 2. The molecule has 0 heterocycles. The number of hydrogen-bond donors (Lipinski definition) is 1. The summed E-state index contributed by atoms with van der Waals surface area (Å²) in [5.74, 6) is -0.287. The smallest absolute Gasteiger partial charge is 0.264 e. The van der Waals surface area contributed by atoms with E-state index in [2.05, 4.69) is 5.32 Å². The number of benzene rings is 3. The molecule has 2 amide bonds. The average Bonchev–Trinajstić information content (AvgIpc) is 2.90. The topological polar surface area (TPSA) is 96.0 Å². The van der Waals surface area contributed by atoms with Crippen LogP contribution in [0.1, 0.15) is 38.8 Å². The molecule has 0 unspecified atom stereocenters. The van der Waals surface area contributed by atoms with Crippen LogP contribution in [-0.4, -0.2) is 50.4 Å². The van der Waals surface area contributed by atoms with Crippen LogP contribution in [0.3, 0.4) is 0 Å². The Kier molecular flexibility index (Phi) is 10.6. The van der Waals surface area contributed by atoms with E-state index < -0.39 is 28.5 Å². The van der Waals surface area contributed by atoms with Gasteiger partial charge in [-0.1, -0.05) is 41.4 Å². The number of nitrogens with one attached hydrogen (secondary N) is 1. The molecule has 1 N–H and O–H groups in total. The van der Waals surface area contributed by atoms with E-state index in [0.717, 1.165) is 15.4 Å². The predicted octanol–water partition coefficient (Wildman–Crippen LogP) is 5.18. The van der Waals surface area contributed by atoms with E-state index in [0.29, 0.717) is 17.4 Å². The van der Waals surface area contributed by atoms with Crippen LogP contribution in [0.2, 0.25) is 5.02 Å². The second-order valence-corrected chi connectivity index (χ2v) is 12.0. The summed E-state index contributed by atoms with van der Waals surface area (Å²) in [7, 11) is -4.18. The molecule has 0 bridgehead atoms. The molecule has 0 aliphatic rings. The van der Waals surface area contributed by atoms with Gasteiger partial charge in [0.25, 0.3) is 10.0 Å². The first-order valence-electron chi connectivity index (χ1n) is 13.1. The largest absolute Gasteiger partial charge is 0.494 e. The van der Waals surface area contributed by atoms with E-state index in [1.54, 1.807) is 31.2 Å². The van der Waals surface area contributed by atoms with E-state index in [4.69, 9.17) is 16.3 Å². The van der Waals surface area contributed by atoms with Crippen molar-refractivity contribution in [2.45, 2.75) is 58.1 Å². The second-order valence-electron chi connectivity index (χ2n) is 9.74. The van der Waals surface area contributed by atoms with Gasteiger partial charge in [0.1, 0.15) is 18.3 Å². The van der Waals surface area contributed by atoms with Crippen molar-refractivity contribution in [1.29, 1.82) is 0 Å². The molecule has 214 valence electrons. The molecular weight excluding hydrogens is 550 g/mol. The van der Waals surface area contributed by atoms with E-state index in [9.17, 15) is 18.0 Å². The molecule has 3 aromatic carbocycles. The molecule has 3 aromatic rings. The van der Waals surface area contributed by atoms with Crippen molar-refractivity contribution in [3.63, 3.8) is 0 Å². The number of aryl methyl sites for hydroxylation is 1. The Morgan fingerprint density at radius 1 is 0.975 bits per heavy atom. The zero-order valence-electron chi connectivity index (χ0n) is 23.4. The Morgan fingerprint density at radius 2 is 1.62 bits per heavy atom. The summed E-state index contributed by atoms with van der Waals surface area (Å²) < 4.78 is 34.3. The van der Waals surface area contributed by atoms with Crippen LogP contribution in [0.5, 0.6) is 5.75 Å². The van der Waals surface area contributed by atoms with Gasteiger partial charge in [-0.15, -0.1) is 0 Å². The standard InChI is InChI=1S/C30H36ClN3O5S/c1-6-39-27-14-12-26(13-15-27)34(40(37,38)28-16-10-25(31)11-17-28)20-29(35)33(23(5)30(36)32-21(2)3)19-24-9-7-8-22(4)18-24/h7-18,21,23H,6,19-20H2,1-5H3,(H,32,36)/t23-/m1/s1. The third-order valence-corrected chi connectivity index (χ3v) is 8.19. The first kappa shape index (κ1) is 31.0. The minimum Gasteiger partial charge on any atom is -0.494 e. The first-order chi connectivity index (χ1) is 18.9. The van der Waals surface area contributed by atoms with Crippen LogP contribution in [0.4, 0.5) is 5.69 Å². The number of carbonyl (C=O) groups excluding carboxylic acids is 2. The van der Waals surface area contributed by atoms with Gasteiger partial charge in [0.05, 0.1) is 17.2 Å². The summed E-state index contributed by atoms with van der Waals surface area (Å²) in [5.41, 5.74) is 2.11. The fourth-order valence-electron chi connectivity index (χ4n) is 4.13. The number of halogens is 1. The Labute approximate surface area is 241 Å². The summed E-state index contributed by atoms with van der Waals surface area (Å²) >= 11 is 6.00. The number of carbonyl (C=O) groups is 2. The van der Waals surface area contributed by atoms with Crippen LogP contribution < -0.4 is 14.4 Å². The van der Waals surface area contributed by atoms with Crippen LogP contribution in [0.25, 0.3) is 0 Å². The monoisotopic (exact) mass is 585 g/mol.